The van der Waals surface area contributed by atoms with Crippen LogP contribution in [0.1, 0.15) is 25.7 Å². The molecule has 1 aliphatic rings. The quantitative estimate of drug-likeness (QED) is 0.524. The van der Waals surface area contributed by atoms with Crippen LogP contribution in [-0.4, -0.2) is 43.5 Å². The van der Waals surface area contributed by atoms with E-state index < -0.39 is 0 Å². The number of hydrogen-bond donors (Lipinski definition) is 1. The topological polar surface area (TPSA) is 15.3 Å². The second-order valence-electron chi connectivity index (χ2n) is 3.69. The molecule has 0 aromatic heterocycles. The van der Waals surface area contributed by atoms with Gasteiger partial charge >= 0.3 is 0 Å². The van der Waals surface area contributed by atoms with Gasteiger partial charge in [0, 0.05) is 19.0 Å². The van der Waals surface area contributed by atoms with E-state index in [1.807, 2.05) is 0 Å². The highest BCUT2D eigenvalue weighted by atomic mass is 35.5. The van der Waals surface area contributed by atoms with Gasteiger partial charge < -0.3 is 10.2 Å². The average Bonchev–Trinajstić information content (AvgIpc) is 2.19. The van der Waals surface area contributed by atoms with Gasteiger partial charge in [0.05, 0.1) is 0 Å². The van der Waals surface area contributed by atoms with Crippen LogP contribution in [0.2, 0.25) is 0 Å². The minimum Gasteiger partial charge on any atom is -0.315 e. The van der Waals surface area contributed by atoms with Gasteiger partial charge in [0.15, 0.2) is 0 Å². The lowest BCUT2D eigenvalue weighted by molar-refractivity contribution is 0.229. The van der Waals surface area contributed by atoms with Gasteiger partial charge in [0.1, 0.15) is 0 Å². The smallest absolute Gasteiger partial charge is 0.0235 e. The molecule has 0 atom stereocenters. The van der Waals surface area contributed by atoms with Gasteiger partial charge in [-0.2, -0.15) is 0 Å². The molecule has 78 valence electrons. The number of halogens is 1. The molecule has 0 amide bonds. The van der Waals surface area contributed by atoms with Gasteiger partial charge in [-0.15, -0.1) is 11.6 Å². The normalized spacial score (nSPS) is 19.2. The molecule has 1 saturated heterocycles. The number of nitrogens with one attached hydrogen (secondary N) is 1. The van der Waals surface area contributed by atoms with Gasteiger partial charge in [-0.05, 0) is 38.9 Å². The zero-order valence-electron chi connectivity index (χ0n) is 8.40. The van der Waals surface area contributed by atoms with Crippen molar-refractivity contribution in [2.75, 3.05) is 38.6 Å². The van der Waals surface area contributed by atoms with Crippen LogP contribution in [0.3, 0.4) is 0 Å². The first kappa shape index (κ1) is 11.3. The molecule has 13 heavy (non-hydrogen) atoms. The van der Waals surface area contributed by atoms with Crippen molar-refractivity contribution in [3.05, 3.63) is 0 Å². The zero-order chi connectivity index (χ0) is 9.36. The van der Waals surface area contributed by atoms with E-state index in [0.717, 1.165) is 25.4 Å². The predicted molar refractivity (Wildman–Crippen MR) is 58.5 cm³/mol. The Morgan fingerprint density at radius 1 is 1.08 bits per heavy atom. The van der Waals surface area contributed by atoms with Crippen molar-refractivity contribution in [3.63, 3.8) is 0 Å². The maximum absolute atomic E-state index is 5.58. The van der Waals surface area contributed by atoms with Gasteiger partial charge in [-0.1, -0.05) is 6.42 Å². The Balaban J connectivity index is 1.86. The van der Waals surface area contributed by atoms with Gasteiger partial charge in [0.2, 0.25) is 0 Å². The standard InChI is InChI=1S/C10H21ClN2/c11-5-4-6-12-7-10-13-8-2-1-3-9-13/h12H,1-10H2. The van der Waals surface area contributed by atoms with E-state index in [-0.39, 0.29) is 0 Å². The van der Waals surface area contributed by atoms with Crippen molar-refractivity contribution in [2.45, 2.75) is 25.7 Å². The molecule has 0 aromatic carbocycles. The molecule has 1 N–H and O–H groups in total. The molecule has 2 nitrogen and oxygen atoms in total. The van der Waals surface area contributed by atoms with E-state index in [2.05, 4.69) is 10.2 Å². The van der Waals surface area contributed by atoms with Crippen LogP contribution in [0.4, 0.5) is 0 Å². The second kappa shape index (κ2) is 7.60. The van der Waals surface area contributed by atoms with Crippen LogP contribution in [0, 0.1) is 0 Å². The largest absolute Gasteiger partial charge is 0.315 e. The van der Waals surface area contributed by atoms with Crippen LogP contribution >= 0.6 is 11.6 Å². The van der Waals surface area contributed by atoms with E-state index in [4.69, 9.17) is 11.6 Å². The highest BCUT2D eigenvalue weighted by Crippen LogP contribution is 2.07. The van der Waals surface area contributed by atoms with Crippen molar-refractivity contribution >= 4 is 11.6 Å². The summed E-state index contributed by atoms with van der Waals surface area (Å²) in [7, 11) is 0. The Morgan fingerprint density at radius 3 is 2.54 bits per heavy atom. The van der Waals surface area contributed by atoms with Gasteiger partial charge in [0.25, 0.3) is 0 Å². The van der Waals surface area contributed by atoms with Crippen LogP contribution in [0.25, 0.3) is 0 Å². The number of rotatable bonds is 6. The molecule has 0 saturated carbocycles. The third-order valence-electron chi connectivity index (χ3n) is 2.54. The number of likely N-dealkylation sites (tertiary alicyclic amines) is 1. The van der Waals surface area contributed by atoms with Crippen molar-refractivity contribution in [1.82, 2.24) is 10.2 Å². The van der Waals surface area contributed by atoms with E-state index in [1.54, 1.807) is 0 Å². The van der Waals surface area contributed by atoms with Crippen molar-refractivity contribution in [2.24, 2.45) is 0 Å². The van der Waals surface area contributed by atoms with Crippen LogP contribution in [0.5, 0.6) is 0 Å². The maximum atomic E-state index is 5.58. The van der Waals surface area contributed by atoms with Crippen molar-refractivity contribution in [3.8, 4) is 0 Å². The second-order valence-corrected chi connectivity index (χ2v) is 4.07. The number of alkyl halides is 1. The lowest BCUT2D eigenvalue weighted by atomic mass is 10.1. The molecule has 1 heterocycles. The monoisotopic (exact) mass is 204 g/mol. The van der Waals surface area contributed by atoms with E-state index in [1.165, 1.54) is 38.9 Å². The summed E-state index contributed by atoms with van der Waals surface area (Å²) in [5.74, 6) is 0.775. The number of nitrogens with zero attached hydrogens (tertiary/aromatic N) is 1. The predicted octanol–water partition coefficient (Wildman–Crippen LogP) is 1.69. The van der Waals surface area contributed by atoms with Gasteiger partial charge in [-0.3, -0.25) is 0 Å². The molecule has 0 spiro atoms. The average molecular weight is 205 g/mol. The summed E-state index contributed by atoms with van der Waals surface area (Å²) in [6.45, 7) is 6.00. The van der Waals surface area contributed by atoms with Crippen LogP contribution < -0.4 is 5.32 Å². The fourth-order valence-corrected chi connectivity index (χ4v) is 1.87. The van der Waals surface area contributed by atoms with Crippen LogP contribution in [-0.2, 0) is 0 Å². The van der Waals surface area contributed by atoms with Crippen LogP contribution in [0.15, 0.2) is 0 Å². The summed E-state index contributed by atoms with van der Waals surface area (Å²) in [5.41, 5.74) is 0. The first-order valence-corrected chi connectivity index (χ1v) is 5.96. The van der Waals surface area contributed by atoms with Crippen molar-refractivity contribution < 1.29 is 0 Å². The summed E-state index contributed by atoms with van der Waals surface area (Å²) >= 11 is 5.58. The molecule has 0 bridgehead atoms. The lowest BCUT2D eigenvalue weighted by Gasteiger charge is -2.26. The van der Waals surface area contributed by atoms with Crippen molar-refractivity contribution in [1.29, 1.82) is 0 Å². The summed E-state index contributed by atoms with van der Waals surface area (Å²) < 4.78 is 0. The molecule has 1 rings (SSSR count). The third-order valence-corrected chi connectivity index (χ3v) is 2.81. The zero-order valence-corrected chi connectivity index (χ0v) is 9.15. The molecule has 3 heteroatoms. The fraction of sp³-hybridized carbons (Fsp3) is 1.00. The number of piperidine rings is 1. The molecule has 0 aromatic rings. The Kier molecular flexibility index (Phi) is 6.60. The highest BCUT2D eigenvalue weighted by Gasteiger charge is 2.08. The Morgan fingerprint density at radius 2 is 1.85 bits per heavy atom. The first-order chi connectivity index (χ1) is 6.43. The Hall–Kier alpha value is 0.210. The molecular formula is C10H21ClN2. The maximum Gasteiger partial charge on any atom is 0.0235 e. The molecule has 0 aliphatic carbocycles. The minimum absolute atomic E-state index is 0.775. The molecule has 0 unspecified atom stereocenters. The van der Waals surface area contributed by atoms with Gasteiger partial charge in [-0.25, -0.2) is 0 Å². The Labute approximate surface area is 86.6 Å². The molecule has 0 radical (unpaired) electrons. The van der Waals surface area contributed by atoms with E-state index in [0.29, 0.717) is 0 Å². The van der Waals surface area contributed by atoms with E-state index >= 15 is 0 Å². The minimum atomic E-state index is 0.775. The molecule has 1 fully saturated rings. The Bertz CT molecular complexity index is 113. The third kappa shape index (κ3) is 5.50. The van der Waals surface area contributed by atoms with E-state index in [9.17, 15) is 0 Å². The SMILES string of the molecule is ClCCCNCCN1CCCCC1. The first-order valence-electron chi connectivity index (χ1n) is 5.42. The summed E-state index contributed by atoms with van der Waals surface area (Å²) in [6, 6.07) is 0. The molecule has 1 aliphatic heterocycles. The summed E-state index contributed by atoms with van der Waals surface area (Å²) in [5, 5.41) is 3.41. The molecular weight excluding hydrogens is 184 g/mol. The number of hydrogen-bond acceptors (Lipinski definition) is 2. The summed E-state index contributed by atoms with van der Waals surface area (Å²) in [4.78, 5) is 2.55. The highest BCUT2D eigenvalue weighted by molar-refractivity contribution is 6.17. The summed E-state index contributed by atoms with van der Waals surface area (Å²) in [6.07, 6.45) is 5.29. The fourth-order valence-electron chi connectivity index (χ4n) is 1.74. The lowest BCUT2D eigenvalue weighted by Crippen LogP contribution is -2.36.